The lowest BCUT2D eigenvalue weighted by molar-refractivity contribution is -0.145. The van der Waals surface area contributed by atoms with Gasteiger partial charge in [0.05, 0.1) is 6.61 Å². The molecular weight excluding hydrogens is 338 g/mol. The van der Waals surface area contributed by atoms with E-state index in [0.717, 1.165) is 23.1 Å². The number of carboxylic acid groups (broad SMARTS) is 1. The lowest BCUT2D eigenvalue weighted by Gasteiger charge is -2.20. The fraction of sp³-hybridized carbons (Fsp3) is 0.467. The van der Waals surface area contributed by atoms with E-state index < -0.39 is 5.97 Å². The number of carboxylic acids is 1. The first-order valence-corrected chi connectivity index (χ1v) is 7.75. The van der Waals surface area contributed by atoms with E-state index in [1.54, 1.807) is 0 Å². The summed E-state index contributed by atoms with van der Waals surface area (Å²) in [5.41, 5.74) is 0. The summed E-state index contributed by atoms with van der Waals surface area (Å²) in [4.78, 5) is 24.3. The third-order valence-corrected chi connectivity index (χ3v) is 3.76. The maximum Gasteiger partial charge on any atom is 0.323 e. The van der Waals surface area contributed by atoms with Crippen LogP contribution in [-0.4, -0.2) is 41.1 Å². The number of hydrogen-bond acceptors (Lipinski definition) is 3. The largest absolute Gasteiger partial charge is 0.494 e. The Bertz CT molecular complexity index is 499. The molecule has 1 aromatic carbocycles. The van der Waals surface area contributed by atoms with Gasteiger partial charge in [-0.2, -0.15) is 0 Å². The Morgan fingerprint density at radius 2 is 1.95 bits per heavy atom. The summed E-state index contributed by atoms with van der Waals surface area (Å²) in [5, 5.41) is 8.83. The highest BCUT2D eigenvalue weighted by atomic mass is 79.9. The number of benzene rings is 1. The van der Waals surface area contributed by atoms with Crippen molar-refractivity contribution in [2.75, 3.05) is 13.2 Å². The van der Waals surface area contributed by atoms with Crippen molar-refractivity contribution in [2.45, 2.75) is 31.7 Å². The van der Waals surface area contributed by atoms with Crippen LogP contribution in [0.2, 0.25) is 0 Å². The van der Waals surface area contributed by atoms with Crippen molar-refractivity contribution in [1.29, 1.82) is 0 Å². The third-order valence-electron chi connectivity index (χ3n) is 3.23. The van der Waals surface area contributed by atoms with Crippen molar-refractivity contribution in [1.82, 2.24) is 4.90 Å². The molecule has 1 saturated carbocycles. The highest BCUT2D eigenvalue weighted by molar-refractivity contribution is 9.10. The maximum absolute atomic E-state index is 12.0. The molecule has 2 rings (SSSR count). The van der Waals surface area contributed by atoms with Gasteiger partial charge >= 0.3 is 5.97 Å². The molecule has 0 spiro atoms. The van der Waals surface area contributed by atoms with E-state index in [4.69, 9.17) is 9.84 Å². The Morgan fingerprint density at radius 3 is 2.52 bits per heavy atom. The van der Waals surface area contributed by atoms with Crippen molar-refractivity contribution in [2.24, 2.45) is 0 Å². The molecular formula is C15H18BrNO4. The lowest BCUT2D eigenvalue weighted by Crippen LogP contribution is -2.37. The van der Waals surface area contributed by atoms with Crippen LogP contribution in [0.5, 0.6) is 5.75 Å². The van der Waals surface area contributed by atoms with Gasteiger partial charge in [0.2, 0.25) is 5.91 Å². The molecule has 0 aromatic heterocycles. The predicted octanol–water partition coefficient (Wildman–Crippen LogP) is 2.68. The van der Waals surface area contributed by atoms with Crippen LogP contribution in [0.25, 0.3) is 0 Å². The summed E-state index contributed by atoms with van der Waals surface area (Å²) < 4.78 is 6.53. The number of halogens is 1. The van der Waals surface area contributed by atoms with Crippen LogP contribution < -0.4 is 4.74 Å². The van der Waals surface area contributed by atoms with Crippen molar-refractivity contribution in [3.8, 4) is 5.75 Å². The van der Waals surface area contributed by atoms with Crippen LogP contribution in [0.1, 0.15) is 25.7 Å². The molecule has 0 unspecified atom stereocenters. The van der Waals surface area contributed by atoms with Gasteiger partial charge in [-0.25, -0.2) is 0 Å². The highest BCUT2D eigenvalue weighted by Gasteiger charge is 2.33. The number of nitrogens with zero attached hydrogens (tertiary/aromatic N) is 1. The number of hydrogen-bond donors (Lipinski definition) is 1. The molecule has 0 heterocycles. The summed E-state index contributed by atoms with van der Waals surface area (Å²) in [7, 11) is 0. The van der Waals surface area contributed by atoms with Crippen molar-refractivity contribution < 1.29 is 19.4 Å². The molecule has 1 aliphatic rings. The second kappa shape index (κ2) is 7.45. The molecule has 6 heteroatoms. The molecule has 0 atom stereocenters. The zero-order chi connectivity index (χ0) is 15.2. The highest BCUT2D eigenvalue weighted by Crippen LogP contribution is 2.27. The summed E-state index contributed by atoms with van der Waals surface area (Å²) >= 11 is 3.35. The number of ether oxygens (including phenoxy) is 1. The van der Waals surface area contributed by atoms with Crippen LogP contribution in [0, 0.1) is 0 Å². The molecule has 21 heavy (non-hydrogen) atoms. The van der Waals surface area contributed by atoms with E-state index in [2.05, 4.69) is 15.9 Å². The van der Waals surface area contributed by atoms with E-state index in [1.165, 1.54) is 4.90 Å². The van der Waals surface area contributed by atoms with Gasteiger partial charge in [0.1, 0.15) is 12.3 Å². The van der Waals surface area contributed by atoms with Crippen molar-refractivity contribution in [3.05, 3.63) is 28.7 Å². The molecule has 0 saturated heterocycles. The Kier molecular flexibility index (Phi) is 5.61. The third kappa shape index (κ3) is 5.38. The van der Waals surface area contributed by atoms with Crippen LogP contribution in [-0.2, 0) is 9.59 Å². The van der Waals surface area contributed by atoms with Gasteiger partial charge in [-0.3, -0.25) is 9.59 Å². The maximum atomic E-state index is 12.0. The van der Waals surface area contributed by atoms with Gasteiger partial charge in [-0.05, 0) is 43.5 Å². The Labute approximate surface area is 132 Å². The Balaban J connectivity index is 1.70. The fourth-order valence-corrected chi connectivity index (χ4v) is 2.31. The van der Waals surface area contributed by atoms with Crippen LogP contribution in [0.3, 0.4) is 0 Å². The van der Waals surface area contributed by atoms with Gasteiger partial charge in [0, 0.05) is 16.9 Å². The van der Waals surface area contributed by atoms with Gasteiger partial charge < -0.3 is 14.7 Å². The minimum atomic E-state index is -0.957. The molecule has 1 aliphatic carbocycles. The molecule has 1 N–H and O–H groups in total. The predicted molar refractivity (Wildman–Crippen MR) is 81.2 cm³/mol. The number of aliphatic carboxylic acids is 1. The Morgan fingerprint density at radius 1 is 1.29 bits per heavy atom. The first-order valence-electron chi connectivity index (χ1n) is 6.96. The Hall–Kier alpha value is -1.56. The zero-order valence-corrected chi connectivity index (χ0v) is 13.2. The van der Waals surface area contributed by atoms with E-state index in [-0.39, 0.29) is 18.5 Å². The average molecular weight is 356 g/mol. The molecule has 114 valence electrons. The lowest BCUT2D eigenvalue weighted by atomic mass is 10.2. The quantitative estimate of drug-likeness (QED) is 0.728. The van der Waals surface area contributed by atoms with Crippen LogP contribution in [0.15, 0.2) is 28.7 Å². The van der Waals surface area contributed by atoms with Crippen molar-refractivity contribution >= 4 is 27.8 Å². The molecule has 0 radical (unpaired) electrons. The summed E-state index contributed by atoms with van der Waals surface area (Å²) in [6.45, 7) is 0.246. The molecule has 0 bridgehead atoms. The van der Waals surface area contributed by atoms with Crippen molar-refractivity contribution in [3.63, 3.8) is 0 Å². The number of amides is 1. The first-order chi connectivity index (χ1) is 10.1. The number of carbonyl (C=O) groups is 2. The number of carbonyl (C=O) groups excluding carboxylic acids is 1. The summed E-state index contributed by atoms with van der Waals surface area (Å²) in [5.74, 6) is -0.295. The average Bonchev–Trinajstić information content (AvgIpc) is 3.27. The van der Waals surface area contributed by atoms with Crippen LogP contribution in [0.4, 0.5) is 0 Å². The normalized spacial score (nSPS) is 13.8. The monoisotopic (exact) mass is 355 g/mol. The van der Waals surface area contributed by atoms with Crippen LogP contribution >= 0.6 is 15.9 Å². The zero-order valence-electron chi connectivity index (χ0n) is 11.6. The van der Waals surface area contributed by atoms with Gasteiger partial charge in [0.25, 0.3) is 0 Å². The molecule has 5 nitrogen and oxygen atoms in total. The molecule has 1 amide bonds. The SMILES string of the molecule is O=C(O)CN(C(=O)CCCOc1ccc(Br)cc1)C1CC1. The molecule has 0 aliphatic heterocycles. The van der Waals surface area contributed by atoms with Gasteiger partial charge in [0.15, 0.2) is 0 Å². The second-order valence-corrected chi connectivity index (χ2v) is 5.97. The number of rotatable bonds is 8. The smallest absolute Gasteiger partial charge is 0.323 e. The first kappa shape index (κ1) is 15.8. The van der Waals surface area contributed by atoms with E-state index >= 15 is 0 Å². The van der Waals surface area contributed by atoms with E-state index in [1.807, 2.05) is 24.3 Å². The fourth-order valence-electron chi connectivity index (χ4n) is 2.04. The minimum Gasteiger partial charge on any atom is -0.494 e. The summed E-state index contributed by atoms with van der Waals surface area (Å²) in [6.07, 6.45) is 2.72. The second-order valence-electron chi connectivity index (χ2n) is 5.05. The minimum absolute atomic E-state index is 0.0979. The molecule has 1 fully saturated rings. The van der Waals surface area contributed by atoms with Gasteiger partial charge in [-0.15, -0.1) is 0 Å². The summed E-state index contributed by atoms with van der Waals surface area (Å²) in [6, 6.07) is 7.62. The van der Waals surface area contributed by atoms with E-state index in [9.17, 15) is 9.59 Å². The van der Waals surface area contributed by atoms with E-state index in [0.29, 0.717) is 19.4 Å². The standard InChI is InChI=1S/C15H18BrNO4/c16-11-3-7-13(8-4-11)21-9-1-2-14(18)17(10-15(19)20)12-5-6-12/h3-4,7-8,12H,1-2,5-6,9-10H2,(H,19,20). The molecule has 1 aromatic rings. The van der Waals surface area contributed by atoms with Gasteiger partial charge in [-0.1, -0.05) is 15.9 Å². The topological polar surface area (TPSA) is 66.8 Å².